The van der Waals surface area contributed by atoms with Crippen molar-refractivity contribution in [2.75, 3.05) is 13.1 Å². The summed E-state index contributed by atoms with van der Waals surface area (Å²) in [6, 6.07) is 8.70. The molecule has 1 aromatic carbocycles. The average molecular weight is 384 g/mol. The molecule has 0 bridgehead atoms. The molecule has 6 heteroatoms. The SMILES string of the molecule is CCn1nc(C)c(CNCc2cccc(CN3CCC[C@H](C(N)=O)C3)c2)c1C. The Bertz CT molecular complexity index is 813. The van der Waals surface area contributed by atoms with Gasteiger partial charge in [-0.3, -0.25) is 14.4 Å². The lowest BCUT2D eigenvalue weighted by Gasteiger charge is -2.31. The van der Waals surface area contributed by atoms with E-state index < -0.39 is 0 Å². The van der Waals surface area contributed by atoms with Crippen molar-refractivity contribution in [2.24, 2.45) is 11.7 Å². The van der Waals surface area contributed by atoms with Gasteiger partial charge >= 0.3 is 0 Å². The predicted molar refractivity (Wildman–Crippen MR) is 112 cm³/mol. The molecule has 0 radical (unpaired) electrons. The van der Waals surface area contributed by atoms with Gasteiger partial charge in [0.2, 0.25) is 5.91 Å². The number of amides is 1. The van der Waals surface area contributed by atoms with E-state index >= 15 is 0 Å². The molecule has 6 nitrogen and oxygen atoms in total. The Kier molecular flexibility index (Phi) is 6.86. The zero-order valence-electron chi connectivity index (χ0n) is 17.4. The molecule has 1 aromatic heterocycles. The van der Waals surface area contributed by atoms with Gasteiger partial charge in [0, 0.05) is 44.0 Å². The van der Waals surface area contributed by atoms with Crippen molar-refractivity contribution in [1.29, 1.82) is 0 Å². The molecule has 0 unspecified atom stereocenters. The summed E-state index contributed by atoms with van der Waals surface area (Å²) in [6.07, 6.45) is 1.96. The third kappa shape index (κ3) is 5.00. The minimum Gasteiger partial charge on any atom is -0.369 e. The molecule has 28 heavy (non-hydrogen) atoms. The third-order valence-corrected chi connectivity index (χ3v) is 5.77. The average Bonchev–Trinajstić information content (AvgIpc) is 2.96. The first kappa shape index (κ1) is 20.6. The number of nitrogens with zero attached hydrogens (tertiary/aromatic N) is 3. The first-order valence-corrected chi connectivity index (χ1v) is 10.3. The van der Waals surface area contributed by atoms with Crippen LogP contribution in [0.1, 0.15) is 47.8 Å². The monoisotopic (exact) mass is 383 g/mol. The van der Waals surface area contributed by atoms with Crippen molar-refractivity contribution in [1.82, 2.24) is 20.0 Å². The lowest BCUT2D eigenvalue weighted by Crippen LogP contribution is -2.40. The van der Waals surface area contributed by atoms with E-state index in [2.05, 4.69) is 65.0 Å². The van der Waals surface area contributed by atoms with Crippen molar-refractivity contribution in [2.45, 2.75) is 59.8 Å². The Morgan fingerprint density at radius 1 is 1.29 bits per heavy atom. The number of likely N-dealkylation sites (tertiary alicyclic amines) is 1. The number of hydrogen-bond acceptors (Lipinski definition) is 4. The zero-order chi connectivity index (χ0) is 20.1. The van der Waals surface area contributed by atoms with Crippen LogP contribution < -0.4 is 11.1 Å². The van der Waals surface area contributed by atoms with Gasteiger partial charge < -0.3 is 11.1 Å². The summed E-state index contributed by atoms with van der Waals surface area (Å²) in [4.78, 5) is 13.8. The number of nitrogens with two attached hydrogens (primary N) is 1. The molecule has 1 saturated heterocycles. The lowest BCUT2D eigenvalue weighted by molar-refractivity contribution is -0.123. The molecule has 0 aliphatic carbocycles. The molecule has 1 fully saturated rings. The highest BCUT2D eigenvalue weighted by molar-refractivity contribution is 5.76. The maximum atomic E-state index is 11.5. The van der Waals surface area contributed by atoms with E-state index in [1.807, 2.05) is 0 Å². The van der Waals surface area contributed by atoms with Crippen LogP contribution in [0.15, 0.2) is 24.3 Å². The number of rotatable bonds is 8. The van der Waals surface area contributed by atoms with Crippen molar-refractivity contribution in [3.8, 4) is 0 Å². The Balaban J connectivity index is 1.55. The summed E-state index contributed by atoms with van der Waals surface area (Å²) in [5, 5.41) is 8.15. The largest absolute Gasteiger partial charge is 0.369 e. The van der Waals surface area contributed by atoms with Gasteiger partial charge in [-0.2, -0.15) is 5.10 Å². The highest BCUT2D eigenvalue weighted by Crippen LogP contribution is 2.19. The second-order valence-electron chi connectivity index (χ2n) is 7.87. The Labute approximate surface area is 168 Å². The van der Waals surface area contributed by atoms with Crippen LogP contribution in [0.4, 0.5) is 0 Å². The molecule has 0 saturated carbocycles. The quantitative estimate of drug-likeness (QED) is 0.734. The summed E-state index contributed by atoms with van der Waals surface area (Å²) in [7, 11) is 0. The molecule has 152 valence electrons. The van der Waals surface area contributed by atoms with Crippen LogP contribution in [0.25, 0.3) is 0 Å². The van der Waals surface area contributed by atoms with Crippen LogP contribution in [0, 0.1) is 19.8 Å². The number of carbonyl (C=O) groups is 1. The van der Waals surface area contributed by atoms with Crippen molar-refractivity contribution in [3.63, 3.8) is 0 Å². The van der Waals surface area contributed by atoms with Gasteiger partial charge in [-0.25, -0.2) is 0 Å². The molecule has 2 heterocycles. The molecule has 2 aromatic rings. The minimum atomic E-state index is -0.167. The van der Waals surface area contributed by atoms with Gasteiger partial charge in [0.1, 0.15) is 0 Å². The van der Waals surface area contributed by atoms with Gasteiger partial charge in [-0.05, 0) is 51.3 Å². The van der Waals surface area contributed by atoms with Crippen LogP contribution in [-0.4, -0.2) is 33.7 Å². The van der Waals surface area contributed by atoms with E-state index in [1.165, 1.54) is 22.4 Å². The molecule has 1 aliphatic rings. The number of nitrogens with one attached hydrogen (secondary N) is 1. The molecule has 3 rings (SSSR count). The number of benzene rings is 1. The standard InChI is InChI=1S/C22H33N5O/c1-4-27-17(3)21(16(2)25-27)13-24-12-18-7-5-8-19(11-18)14-26-10-6-9-20(15-26)22(23)28/h5,7-8,11,20,24H,4,6,9-10,12-15H2,1-3H3,(H2,23,28)/t20-/m0/s1. The Morgan fingerprint density at radius 3 is 2.79 bits per heavy atom. The number of primary amides is 1. The third-order valence-electron chi connectivity index (χ3n) is 5.77. The lowest BCUT2D eigenvalue weighted by atomic mass is 9.97. The summed E-state index contributed by atoms with van der Waals surface area (Å²) in [5.74, 6) is -0.172. The van der Waals surface area contributed by atoms with Crippen LogP contribution in [-0.2, 0) is 31.0 Å². The first-order valence-electron chi connectivity index (χ1n) is 10.3. The van der Waals surface area contributed by atoms with E-state index in [-0.39, 0.29) is 11.8 Å². The maximum absolute atomic E-state index is 11.5. The fourth-order valence-corrected chi connectivity index (χ4v) is 4.16. The van der Waals surface area contributed by atoms with Gasteiger partial charge in [0.15, 0.2) is 0 Å². The second kappa shape index (κ2) is 9.34. The number of hydrogen-bond donors (Lipinski definition) is 2. The topological polar surface area (TPSA) is 76.2 Å². The summed E-state index contributed by atoms with van der Waals surface area (Å²) >= 11 is 0. The van der Waals surface area contributed by atoms with Gasteiger partial charge in [-0.15, -0.1) is 0 Å². The molecule has 0 spiro atoms. The van der Waals surface area contributed by atoms with Crippen LogP contribution in [0.5, 0.6) is 0 Å². The summed E-state index contributed by atoms with van der Waals surface area (Å²) < 4.78 is 2.06. The Morgan fingerprint density at radius 2 is 2.07 bits per heavy atom. The van der Waals surface area contributed by atoms with Crippen molar-refractivity contribution < 1.29 is 4.79 Å². The fraction of sp³-hybridized carbons (Fsp3) is 0.545. The molecular weight excluding hydrogens is 350 g/mol. The van der Waals surface area contributed by atoms with E-state index in [0.717, 1.165) is 57.8 Å². The maximum Gasteiger partial charge on any atom is 0.221 e. The normalized spacial score (nSPS) is 17.8. The smallest absolute Gasteiger partial charge is 0.221 e. The van der Waals surface area contributed by atoms with Gasteiger partial charge in [-0.1, -0.05) is 24.3 Å². The minimum absolute atomic E-state index is 0.00545. The first-order chi connectivity index (χ1) is 13.5. The van der Waals surface area contributed by atoms with Crippen molar-refractivity contribution in [3.05, 3.63) is 52.3 Å². The Hall–Kier alpha value is -2.18. The highest BCUT2D eigenvalue weighted by atomic mass is 16.1. The summed E-state index contributed by atoms with van der Waals surface area (Å²) in [5.41, 5.74) is 11.7. The van der Waals surface area contributed by atoms with Crippen molar-refractivity contribution >= 4 is 5.91 Å². The van der Waals surface area contributed by atoms with E-state index in [1.54, 1.807) is 0 Å². The molecule has 1 aliphatic heterocycles. The predicted octanol–water partition coefficient (Wildman–Crippen LogP) is 2.51. The molecule has 1 amide bonds. The van der Waals surface area contributed by atoms with Crippen LogP contribution >= 0.6 is 0 Å². The number of piperidine rings is 1. The second-order valence-corrected chi connectivity index (χ2v) is 7.87. The fourth-order valence-electron chi connectivity index (χ4n) is 4.16. The van der Waals surface area contributed by atoms with Gasteiger partial charge in [0.05, 0.1) is 11.6 Å². The van der Waals surface area contributed by atoms with Crippen LogP contribution in [0.2, 0.25) is 0 Å². The number of aromatic nitrogens is 2. The number of carbonyl (C=O) groups excluding carboxylic acids is 1. The highest BCUT2D eigenvalue weighted by Gasteiger charge is 2.23. The van der Waals surface area contributed by atoms with E-state index in [0.29, 0.717) is 0 Å². The zero-order valence-corrected chi connectivity index (χ0v) is 17.4. The summed E-state index contributed by atoms with van der Waals surface area (Å²) in [6.45, 7) is 11.6. The van der Waals surface area contributed by atoms with Crippen LogP contribution in [0.3, 0.4) is 0 Å². The van der Waals surface area contributed by atoms with E-state index in [9.17, 15) is 4.79 Å². The number of aryl methyl sites for hydroxylation is 2. The van der Waals surface area contributed by atoms with Gasteiger partial charge in [0.25, 0.3) is 0 Å². The molecular formula is C22H33N5O. The van der Waals surface area contributed by atoms with E-state index in [4.69, 9.17) is 5.73 Å². The molecule has 1 atom stereocenters. The molecule has 3 N–H and O–H groups in total.